The van der Waals surface area contributed by atoms with E-state index in [4.69, 9.17) is 4.52 Å². The number of nitrogens with zero attached hydrogens (tertiary/aromatic N) is 4. The normalized spacial score (nSPS) is 16.8. The number of pyridine rings is 1. The Bertz CT molecular complexity index is 974. The van der Waals surface area contributed by atoms with Crippen LogP contribution in [0.2, 0.25) is 0 Å². The van der Waals surface area contributed by atoms with Crippen LogP contribution in [0.25, 0.3) is 11.3 Å². The maximum Gasteiger partial charge on any atom is 0.191 e. The average molecular weight is 394 g/mol. The molecule has 1 fully saturated rings. The summed E-state index contributed by atoms with van der Waals surface area (Å²) in [6.45, 7) is 1.89. The second-order valence-corrected chi connectivity index (χ2v) is 6.86. The Hall–Kier alpha value is -3.42. The predicted octanol–water partition coefficient (Wildman–Crippen LogP) is 2.82. The van der Waals surface area contributed by atoms with Crippen LogP contribution in [0.15, 0.2) is 64.2 Å². The molecule has 1 aliphatic rings. The van der Waals surface area contributed by atoms with Gasteiger partial charge in [-0.05, 0) is 18.6 Å². The first-order chi connectivity index (χ1) is 14.2. The minimum Gasteiger partial charge on any atom is -0.356 e. The molecule has 1 unspecified atom stereocenters. The lowest BCUT2D eigenvalue weighted by Gasteiger charge is -2.19. The first-order valence-electron chi connectivity index (χ1n) is 9.56. The Kier molecular flexibility index (Phi) is 5.69. The molecule has 1 atom stereocenters. The van der Waals surface area contributed by atoms with Crippen molar-refractivity contribution >= 4 is 11.8 Å². The molecule has 0 bridgehead atoms. The van der Waals surface area contributed by atoms with Crippen molar-refractivity contribution in [3.05, 3.63) is 66.2 Å². The van der Waals surface area contributed by atoms with Crippen molar-refractivity contribution in [3.8, 4) is 11.3 Å². The van der Waals surface area contributed by atoms with E-state index in [9.17, 15) is 4.39 Å². The summed E-state index contributed by atoms with van der Waals surface area (Å²) >= 11 is 0. The fraction of sp³-hybridized carbons (Fsp3) is 0.286. The molecule has 0 amide bonds. The summed E-state index contributed by atoms with van der Waals surface area (Å²) in [6, 6.07) is 14.9. The number of aliphatic imine (C=N–C) groups is 1. The van der Waals surface area contributed by atoms with Gasteiger partial charge in [-0.25, -0.2) is 9.37 Å². The molecule has 1 saturated heterocycles. The third-order valence-corrected chi connectivity index (χ3v) is 4.85. The van der Waals surface area contributed by atoms with E-state index in [0.29, 0.717) is 24.9 Å². The van der Waals surface area contributed by atoms with Crippen molar-refractivity contribution in [2.45, 2.75) is 19.0 Å². The van der Waals surface area contributed by atoms with Gasteiger partial charge in [-0.3, -0.25) is 4.99 Å². The zero-order valence-electron chi connectivity index (χ0n) is 16.2. The monoisotopic (exact) mass is 394 g/mol. The van der Waals surface area contributed by atoms with Crippen LogP contribution in [0, 0.1) is 5.82 Å². The highest BCUT2D eigenvalue weighted by Crippen LogP contribution is 2.21. The van der Waals surface area contributed by atoms with Crippen molar-refractivity contribution < 1.29 is 8.91 Å². The van der Waals surface area contributed by atoms with Crippen LogP contribution in [0.4, 0.5) is 10.2 Å². The molecule has 2 N–H and O–H groups in total. The number of guanidine groups is 1. The lowest BCUT2D eigenvalue weighted by Crippen LogP contribution is -2.44. The van der Waals surface area contributed by atoms with Gasteiger partial charge in [0.25, 0.3) is 0 Å². The molecule has 7 nitrogen and oxygen atoms in total. The zero-order chi connectivity index (χ0) is 20.1. The number of rotatable bonds is 5. The van der Waals surface area contributed by atoms with Crippen LogP contribution in [0.3, 0.4) is 0 Å². The molecule has 8 heteroatoms. The third kappa shape index (κ3) is 4.53. The second-order valence-electron chi connectivity index (χ2n) is 6.86. The van der Waals surface area contributed by atoms with E-state index < -0.39 is 0 Å². The van der Waals surface area contributed by atoms with Gasteiger partial charge >= 0.3 is 0 Å². The van der Waals surface area contributed by atoms with Gasteiger partial charge in [0, 0.05) is 44.0 Å². The molecule has 3 heterocycles. The average Bonchev–Trinajstić information content (AvgIpc) is 3.42. The van der Waals surface area contributed by atoms with Crippen molar-refractivity contribution in [2.75, 3.05) is 25.0 Å². The molecule has 2 aromatic heterocycles. The van der Waals surface area contributed by atoms with Crippen molar-refractivity contribution in [3.63, 3.8) is 0 Å². The lowest BCUT2D eigenvalue weighted by molar-refractivity contribution is 0.422. The molecule has 0 aliphatic carbocycles. The van der Waals surface area contributed by atoms with Crippen LogP contribution in [-0.4, -0.2) is 42.3 Å². The summed E-state index contributed by atoms with van der Waals surface area (Å²) in [6.07, 6.45) is 2.49. The molecule has 0 spiro atoms. The fourth-order valence-electron chi connectivity index (χ4n) is 3.38. The number of aromatic nitrogens is 2. The van der Waals surface area contributed by atoms with E-state index in [1.54, 1.807) is 19.3 Å². The number of benzene rings is 1. The molecule has 150 valence electrons. The fourth-order valence-corrected chi connectivity index (χ4v) is 3.38. The minimum atomic E-state index is -0.295. The van der Waals surface area contributed by atoms with E-state index in [0.717, 1.165) is 30.0 Å². The maximum atomic E-state index is 14.0. The molecule has 4 rings (SSSR count). The van der Waals surface area contributed by atoms with Gasteiger partial charge < -0.3 is 20.1 Å². The summed E-state index contributed by atoms with van der Waals surface area (Å²) in [4.78, 5) is 10.4. The number of hydrogen-bond acceptors (Lipinski definition) is 5. The molecule has 0 radical (unpaired) electrons. The van der Waals surface area contributed by atoms with Gasteiger partial charge in [0.15, 0.2) is 23.4 Å². The smallest absolute Gasteiger partial charge is 0.191 e. The molecule has 29 heavy (non-hydrogen) atoms. The van der Waals surface area contributed by atoms with Crippen LogP contribution < -0.4 is 15.5 Å². The largest absolute Gasteiger partial charge is 0.356 e. The van der Waals surface area contributed by atoms with Gasteiger partial charge in [-0.2, -0.15) is 0 Å². The summed E-state index contributed by atoms with van der Waals surface area (Å²) in [7, 11) is 1.72. The van der Waals surface area contributed by atoms with E-state index in [2.05, 4.69) is 25.8 Å². The standard InChI is InChI=1S/C21H23FN6O/c1-23-21(25-13-17-12-19(29-27-17)15-6-3-2-4-7-15)26-16-9-11-28(14-16)20-18(22)8-5-10-24-20/h2-8,10,12,16H,9,11,13-14H2,1H3,(H2,23,25,26). The molecular formula is C21H23FN6O. The molecular weight excluding hydrogens is 371 g/mol. The van der Waals surface area contributed by atoms with Crippen molar-refractivity contribution in [1.29, 1.82) is 0 Å². The summed E-state index contributed by atoms with van der Waals surface area (Å²) < 4.78 is 19.4. The van der Waals surface area contributed by atoms with E-state index in [-0.39, 0.29) is 11.9 Å². The van der Waals surface area contributed by atoms with Crippen LogP contribution in [0.5, 0.6) is 0 Å². The first-order valence-corrected chi connectivity index (χ1v) is 9.56. The summed E-state index contributed by atoms with van der Waals surface area (Å²) in [5.74, 6) is 1.50. The number of nitrogens with one attached hydrogen (secondary N) is 2. The highest BCUT2D eigenvalue weighted by molar-refractivity contribution is 5.80. The lowest BCUT2D eigenvalue weighted by atomic mass is 10.2. The quantitative estimate of drug-likeness (QED) is 0.512. The van der Waals surface area contributed by atoms with E-state index in [1.807, 2.05) is 41.3 Å². The molecule has 0 saturated carbocycles. The molecule has 1 aromatic carbocycles. The minimum absolute atomic E-state index is 0.153. The zero-order valence-corrected chi connectivity index (χ0v) is 16.2. The van der Waals surface area contributed by atoms with Gasteiger partial charge in [0.1, 0.15) is 5.69 Å². The predicted molar refractivity (Wildman–Crippen MR) is 110 cm³/mol. The van der Waals surface area contributed by atoms with E-state index in [1.165, 1.54) is 6.07 Å². The Morgan fingerprint density at radius 2 is 2.14 bits per heavy atom. The first kappa shape index (κ1) is 18.9. The van der Waals surface area contributed by atoms with Crippen LogP contribution in [0.1, 0.15) is 12.1 Å². The van der Waals surface area contributed by atoms with Crippen molar-refractivity contribution in [1.82, 2.24) is 20.8 Å². The SMILES string of the molecule is CN=C(NCc1cc(-c2ccccc2)on1)NC1CCN(c2ncccc2F)C1. The number of hydrogen-bond donors (Lipinski definition) is 2. The van der Waals surface area contributed by atoms with Crippen LogP contribution >= 0.6 is 0 Å². The Labute approximate surface area is 168 Å². The Morgan fingerprint density at radius 3 is 2.93 bits per heavy atom. The topological polar surface area (TPSA) is 78.6 Å². The Morgan fingerprint density at radius 1 is 1.28 bits per heavy atom. The van der Waals surface area contributed by atoms with Gasteiger partial charge in [0.2, 0.25) is 0 Å². The number of halogens is 1. The summed E-state index contributed by atoms with van der Waals surface area (Å²) in [5.41, 5.74) is 1.77. The van der Waals surface area contributed by atoms with Gasteiger partial charge in [-0.1, -0.05) is 35.5 Å². The summed E-state index contributed by atoms with van der Waals surface area (Å²) in [5, 5.41) is 10.7. The number of anilines is 1. The van der Waals surface area contributed by atoms with E-state index >= 15 is 0 Å². The third-order valence-electron chi connectivity index (χ3n) is 4.85. The van der Waals surface area contributed by atoms with Gasteiger partial charge in [-0.15, -0.1) is 0 Å². The maximum absolute atomic E-state index is 14.0. The highest BCUT2D eigenvalue weighted by Gasteiger charge is 2.26. The second kappa shape index (κ2) is 8.72. The van der Waals surface area contributed by atoms with Crippen LogP contribution in [-0.2, 0) is 6.54 Å². The van der Waals surface area contributed by atoms with Gasteiger partial charge in [0.05, 0.1) is 6.54 Å². The molecule has 3 aromatic rings. The highest BCUT2D eigenvalue weighted by atomic mass is 19.1. The molecule has 1 aliphatic heterocycles. The van der Waals surface area contributed by atoms with Crippen molar-refractivity contribution in [2.24, 2.45) is 4.99 Å². The Balaban J connectivity index is 1.31.